The normalized spacial score (nSPS) is 11.7. The highest BCUT2D eigenvalue weighted by atomic mass is 32.2. The molecule has 1 aliphatic rings. The predicted octanol–water partition coefficient (Wildman–Crippen LogP) is 11.5. The van der Waals surface area contributed by atoms with Crippen LogP contribution in [0.3, 0.4) is 0 Å². The molecule has 7 aromatic carbocycles. The van der Waals surface area contributed by atoms with E-state index in [1.807, 2.05) is 72.4 Å². The van der Waals surface area contributed by atoms with Gasteiger partial charge in [0.2, 0.25) is 0 Å². The minimum atomic E-state index is 0.663. The van der Waals surface area contributed by atoms with Gasteiger partial charge in [0, 0.05) is 37.4 Å². The summed E-state index contributed by atoms with van der Waals surface area (Å²) in [4.78, 5) is 17.6. The Balaban J connectivity index is 1.21. The largest absolute Gasteiger partial charge is 0.208 e. The Morgan fingerprint density at radius 2 is 0.851 bits per heavy atom. The molecule has 0 spiro atoms. The monoisotopic (exact) mass is 617 g/mol. The highest BCUT2D eigenvalue weighted by molar-refractivity contribution is 7.99. The van der Waals surface area contributed by atoms with Crippen molar-refractivity contribution in [3.8, 4) is 67.5 Å². The maximum absolute atomic E-state index is 5.07. The van der Waals surface area contributed by atoms with Gasteiger partial charge in [-0.15, -0.1) is 0 Å². The first-order valence-electron chi connectivity index (χ1n) is 15.7. The van der Waals surface area contributed by atoms with Gasteiger partial charge in [-0.3, -0.25) is 0 Å². The van der Waals surface area contributed by atoms with Crippen LogP contribution < -0.4 is 0 Å². The Labute approximate surface area is 277 Å². The first-order valence-corrected chi connectivity index (χ1v) is 16.5. The molecule has 0 amide bonds. The molecule has 2 heterocycles. The third-order valence-corrected chi connectivity index (χ3v) is 9.88. The van der Waals surface area contributed by atoms with Crippen molar-refractivity contribution >= 4 is 22.5 Å². The molecular weight excluding hydrogens is 591 g/mol. The van der Waals surface area contributed by atoms with Crippen molar-refractivity contribution in [3.63, 3.8) is 0 Å². The van der Waals surface area contributed by atoms with Crippen LogP contribution in [0.25, 0.3) is 78.3 Å². The summed E-state index contributed by atoms with van der Waals surface area (Å²) in [6, 6.07) is 57.5. The molecule has 4 heteroatoms. The van der Waals surface area contributed by atoms with Crippen LogP contribution in [-0.2, 0) is 0 Å². The van der Waals surface area contributed by atoms with Crippen molar-refractivity contribution in [2.75, 3.05) is 0 Å². The SMILES string of the molecule is c1ccc(-c2ccc(-c3cccc4c3-c3cccc5c(-c6nc(-c7ccccc7)nc(-c7ccccc7)n6)ccc(c35)S4)cc2)cc1. The number of hydrogen-bond donors (Lipinski definition) is 0. The van der Waals surface area contributed by atoms with Gasteiger partial charge in [-0.25, -0.2) is 15.0 Å². The van der Waals surface area contributed by atoms with Crippen LogP contribution in [0.1, 0.15) is 0 Å². The zero-order valence-corrected chi connectivity index (χ0v) is 26.2. The summed E-state index contributed by atoms with van der Waals surface area (Å²) in [5.74, 6) is 1.99. The molecule has 0 unspecified atom stereocenters. The van der Waals surface area contributed by atoms with E-state index < -0.39 is 0 Å². The summed E-state index contributed by atoms with van der Waals surface area (Å²) in [6.07, 6.45) is 0. The first-order chi connectivity index (χ1) is 23.3. The second-order valence-corrected chi connectivity index (χ2v) is 12.7. The van der Waals surface area contributed by atoms with E-state index in [4.69, 9.17) is 15.0 Å². The van der Waals surface area contributed by atoms with E-state index in [1.54, 1.807) is 0 Å². The van der Waals surface area contributed by atoms with Crippen LogP contribution in [0.15, 0.2) is 174 Å². The van der Waals surface area contributed by atoms with E-state index in [0.717, 1.165) is 22.1 Å². The fourth-order valence-electron chi connectivity index (χ4n) is 6.52. The topological polar surface area (TPSA) is 38.7 Å². The van der Waals surface area contributed by atoms with Crippen LogP contribution >= 0.6 is 11.8 Å². The number of hydrogen-bond acceptors (Lipinski definition) is 4. The molecule has 0 N–H and O–H groups in total. The lowest BCUT2D eigenvalue weighted by molar-refractivity contribution is 1.08. The minimum Gasteiger partial charge on any atom is -0.208 e. The van der Waals surface area contributed by atoms with Crippen molar-refractivity contribution in [1.82, 2.24) is 15.0 Å². The van der Waals surface area contributed by atoms with Crippen molar-refractivity contribution in [2.24, 2.45) is 0 Å². The molecule has 0 fully saturated rings. The lowest BCUT2D eigenvalue weighted by atomic mass is 9.89. The van der Waals surface area contributed by atoms with Crippen LogP contribution in [0.2, 0.25) is 0 Å². The zero-order chi connectivity index (χ0) is 31.2. The maximum Gasteiger partial charge on any atom is 0.164 e. The molecular formula is C43H27N3S. The summed E-state index contributed by atoms with van der Waals surface area (Å²) in [6.45, 7) is 0. The molecule has 0 saturated carbocycles. The van der Waals surface area contributed by atoms with Gasteiger partial charge < -0.3 is 0 Å². The summed E-state index contributed by atoms with van der Waals surface area (Å²) < 4.78 is 0. The minimum absolute atomic E-state index is 0.663. The summed E-state index contributed by atoms with van der Waals surface area (Å²) in [7, 11) is 0. The number of benzene rings is 7. The van der Waals surface area contributed by atoms with Gasteiger partial charge in [0.1, 0.15) is 0 Å². The van der Waals surface area contributed by atoms with E-state index >= 15 is 0 Å². The van der Waals surface area contributed by atoms with Gasteiger partial charge in [-0.05, 0) is 51.4 Å². The molecule has 1 aromatic heterocycles. The standard InChI is InChI=1S/C43H27N3S/c1-4-12-28(13-5-1)29-22-24-30(25-23-29)33-18-11-21-37-39(33)36-20-10-19-34-35(26-27-38(47-37)40(34)36)43-45-41(31-14-6-2-7-15-31)44-42(46-43)32-16-8-3-9-17-32/h1-27H. The fourth-order valence-corrected chi connectivity index (χ4v) is 7.68. The Morgan fingerprint density at radius 3 is 1.51 bits per heavy atom. The van der Waals surface area contributed by atoms with E-state index in [9.17, 15) is 0 Å². The Bertz CT molecular complexity index is 2350. The van der Waals surface area contributed by atoms with E-state index in [-0.39, 0.29) is 0 Å². The van der Waals surface area contributed by atoms with Gasteiger partial charge in [0.15, 0.2) is 17.5 Å². The molecule has 8 aromatic rings. The lowest BCUT2D eigenvalue weighted by Crippen LogP contribution is -2.01. The molecule has 0 radical (unpaired) electrons. The number of nitrogens with zero attached hydrogens (tertiary/aromatic N) is 3. The average molecular weight is 618 g/mol. The molecule has 0 aliphatic carbocycles. The molecule has 0 bridgehead atoms. The number of aromatic nitrogens is 3. The quantitative estimate of drug-likeness (QED) is 0.193. The van der Waals surface area contributed by atoms with Crippen LogP contribution in [0.4, 0.5) is 0 Å². The third-order valence-electron chi connectivity index (χ3n) is 8.76. The molecule has 47 heavy (non-hydrogen) atoms. The maximum atomic E-state index is 5.07. The van der Waals surface area contributed by atoms with Gasteiger partial charge >= 0.3 is 0 Å². The van der Waals surface area contributed by atoms with Crippen LogP contribution in [0.5, 0.6) is 0 Å². The zero-order valence-electron chi connectivity index (χ0n) is 25.3. The summed E-state index contributed by atoms with van der Waals surface area (Å²) in [5.41, 5.74) is 10.3. The number of fused-ring (bicyclic) bond motifs is 2. The molecule has 0 atom stereocenters. The Morgan fingerprint density at radius 1 is 0.319 bits per heavy atom. The van der Waals surface area contributed by atoms with Crippen molar-refractivity contribution in [2.45, 2.75) is 9.79 Å². The Hall–Kier alpha value is -5.84. The first kappa shape index (κ1) is 27.5. The highest BCUT2D eigenvalue weighted by Gasteiger charge is 2.24. The fraction of sp³-hybridized carbons (Fsp3) is 0. The van der Waals surface area contributed by atoms with Crippen molar-refractivity contribution < 1.29 is 0 Å². The van der Waals surface area contributed by atoms with Gasteiger partial charge in [-0.1, -0.05) is 157 Å². The molecule has 3 nitrogen and oxygen atoms in total. The van der Waals surface area contributed by atoms with Crippen molar-refractivity contribution in [3.05, 3.63) is 164 Å². The number of rotatable bonds is 5. The Kier molecular flexibility index (Phi) is 6.72. The second kappa shape index (κ2) is 11.5. The van der Waals surface area contributed by atoms with Gasteiger partial charge in [-0.2, -0.15) is 0 Å². The van der Waals surface area contributed by atoms with Crippen molar-refractivity contribution in [1.29, 1.82) is 0 Å². The van der Waals surface area contributed by atoms with E-state index in [2.05, 4.69) is 103 Å². The predicted molar refractivity (Wildman–Crippen MR) is 194 cm³/mol. The van der Waals surface area contributed by atoms with Crippen LogP contribution in [0, 0.1) is 0 Å². The molecule has 9 rings (SSSR count). The molecule has 1 aliphatic heterocycles. The van der Waals surface area contributed by atoms with E-state index in [1.165, 1.54) is 48.6 Å². The van der Waals surface area contributed by atoms with Gasteiger partial charge in [0.25, 0.3) is 0 Å². The smallest absolute Gasteiger partial charge is 0.164 e. The van der Waals surface area contributed by atoms with Crippen LogP contribution in [-0.4, -0.2) is 15.0 Å². The average Bonchev–Trinajstić information content (AvgIpc) is 3.16. The molecule has 220 valence electrons. The van der Waals surface area contributed by atoms with Gasteiger partial charge in [0.05, 0.1) is 0 Å². The lowest BCUT2D eigenvalue weighted by Gasteiger charge is -2.24. The third kappa shape index (κ3) is 4.91. The highest BCUT2D eigenvalue weighted by Crippen LogP contribution is 2.52. The summed E-state index contributed by atoms with van der Waals surface area (Å²) in [5, 5.41) is 2.37. The van der Waals surface area contributed by atoms with E-state index in [0.29, 0.717) is 17.5 Å². The summed E-state index contributed by atoms with van der Waals surface area (Å²) >= 11 is 1.83. The second-order valence-electron chi connectivity index (χ2n) is 11.6. The molecule has 0 saturated heterocycles.